The first-order chi connectivity index (χ1) is 13.0. The van der Waals surface area contributed by atoms with Gasteiger partial charge in [-0.2, -0.15) is 15.6 Å². The third kappa shape index (κ3) is 3.52. The lowest BCUT2D eigenvalue weighted by Crippen LogP contribution is -2.66. The van der Waals surface area contributed by atoms with E-state index in [1.54, 1.807) is 24.4 Å². The van der Waals surface area contributed by atoms with E-state index in [2.05, 4.69) is 10.3 Å². The standard InChI is InChI=1S/C18H21N3O4S2/c22-17(14-5-9-26-11-14)20-7-3-15-4-8-25-18(15)12-21(13-18)27(23,24)16-2-1-6-19-10-16/h1-2,5-6,9-11,15H,3-4,7-8,12-13H2,(H,20,22)/t15-/m0/s1. The van der Waals surface area contributed by atoms with Crippen molar-refractivity contribution in [3.63, 3.8) is 0 Å². The fraction of sp³-hybridized carbons (Fsp3) is 0.444. The Morgan fingerprint density at radius 3 is 2.96 bits per heavy atom. The SMILES string of the molecule is O=C(NCC[C@H]1CCOC12CN(S(=O)(=O)c1cccnc1)C2)c1ccsc1. The molecule has 0 saturated carbocycles. The van der Waals surface area contributed by atoms with Gasteiger partial charge in [0.15, 0.2) is 0 Å². The zero-order valence-corrected chi connectivity index (χ0v) is 16.3. The Hall–Kier alpha value is -1.81. The van der Waals surface area contributed by atoms with Gasteiger partial charge in [0, 0.05) is 49.6 Å². The molecule has 2 aromatic rings. The van der Waals surface area contributed by atoms with Gasteiger partial charge in [0.25, 0.3) is 5.91 Å². The molecule has 1 spiro atoms. The molecule has 2 saturated heterocycles. The highest BCUT2D eigenvalue weighted by Crippen LogP contribution is 2.43. The molecule has 1 atom stereocenters. The molecule has 4 rings (SSSR count). The summed E-state index contributed by atoms with van der Waals surface area (Å²) < 4.78 is 32.7. The summed E-state index contributed by atoms with van der Waals surface area (Å²) in [5, 5.41) is 6.63. The molecule has 9 heteroatoms. The minimum absolute atomic E-state index is 0.0707. The fourth-order valence-corrected chi connectivity index (χ4v) is 5.92. The van der Waals surface area contributed by atoms with Crippen molar-refractivity contribution >= 4 is 27.3 Å². The van der Waals surface area contributed by atoms with Crippen LogP contribution in [0.25, 0.3) is 0 Å². The third-order valence-corrected chi connectivity index (χ3v) is 7.78. The van der Waals surface area contributed by atoms with Gasteiger partial charge in [0.05, 0.1) is 5.60 Å². The van der Waals surface area contributed by atoms with Crippen molar-refractivity contribution in [3.8, 4) is 0 Å². The molecule has 0 aromatic carbocycles. The molecule has 0 aliphatic carbocycles. The van der Waals surface area contributed by atoms with E-state index in [0.717, 1.165) is 12.8 Å². The monoisotopic (exact) mass is 407 g/mol. The Bertz CT molecular complexity index is 894. The van der Waals surface area contributed by atoms with Crippen molar-refractivity contribution in [2.24, 2.45) is 5.92 Å². The van der Waals surface area contributed by atoms with E-state index in [0.29, 0.717) is 31.8 Å². The van der Waals surface area contributed by atoms with E-state index in [-0.39, 0.29) is 16.7 Å². The first-order valence-electron chi connectivity index (χ1n) is 8.86. The van der Waals surface area contributed by atoms with Crippen LogP contribution >= 0.6 is 11.3 Å². The maximum atomic E-state index is 12.7. The number of nitrogens with zero attached hydrogens (tertiary/aromatic N) is 2. The summed E-state index contributed by atoms with van der Waals surface area (Å²) in [4.78, 5) is 16.1. The average Bonchev–Trinajstić information content (AvgIpc) is 3.31. The van der Waals surface area contributed by atoms with Crippen molar-refractivity contribution in [3.05, 3.63) is 46.9 Å². The predicted molar refractivity (Wildman–Crippen MR) is 101 cm³/mol. The zero-order chi connectivity index (χ0) is 18.9. The molecular weight excluding hydrogens is 386 g/mol. The highest BCUT2D eigenvalue weighted by molar-refractivity contribution is 7.89. The first kappa shape index (κ1) is 18.5. The van der Waals surface area contributed by atoms with Gasteiger partial charge >= 0.3 is 0 Å². The van der Waals surface area contributed by atoms with Crippen molar-refractivity contribution < 1.29 is 17.9 Å². The van der Waals surface area contributed by atoms with Crippen molar-refractivity contribution in [2.45, 2.75) is 23.3 Å². The number of hydrogen-bond donors (Lipinski definition) is 1. The number of rotatable bonds is 6. The van der Waals surface area contributed by atoms with Crippen LogP contribution in [0.5, 0.6) is 0 Å². The molecule has 2 aromatic heterocycles. The quantitative estimate of drug-likeness (QED) is 0.788. The topological polar surface area (TPSA) is 88.6 Å². The smallest absolute Gasteiger partial charge is 0.252 e. The second-order valence-electron chi connectivity index (χ2n) is 6.92. The minimum atomic E-state index is -3.53. The number of carbonyl (C=O) groups excluding carboxylic acids is 1. The summed E-state index contributed by atoms with van der Waals surface area (Å²) in [7, 11) is -3.53. The molecule has 1 N–H and O–H groups in total. The summed E-state index contributed by atoms with van der Waals surface area (Å²) in [6.07, 6.45) is 4.58. The maximum Gasteiger partial charge on any atom is 0.252 e. The number of hydrogen-bond acceptors (Lipinski definition) is 6. The second kappa shape index (κ2) is 7.31. The lowest BCUT2D eigenvalue weighted by atomic mass is 9.80. The van der Waals surface area contributed by atoms with Gasteiger partial charge in [-0.05, 0) is 42.3 Å². The third-order valence-electron chi connectivity index (χ3n) is 5.32. The first-order valence-corrected chi connectivity index (χ1v) is 11.2. The van der Waals surface area contributed by atoms with Crippen LogP contribution in [0.15, 0.2) is 46.2 Å². The number of carbonyl (C=O) groups is 1. The van der Waals surface area contributed by atoms with Crippen molar-refractivity contribution in [2.75, 3.05) is 26.2 Å². The van der Waals surface area contributed by atoms with Crippen molar-refractivity contribution in [1.29, 1.82) is 0 Å². The number of amides is 1. The van der Waals surface area contributed by atoms with Crippen LogP contribution in [-0.4, -0.2) is 55.5 Å². The van der Waals surface area contributed by atoms with Crippen LogP contribution in [0, 0.1) is 5.92 Å². The maximum absolute atomic E-state index is 12.7. The van der Waals surface area contributed by atoms with E-state index in [1.165, 1.54) is 21.8 Å². The zero-order valence-electron chi connectivity index (χ0n) is 14.7. The van der Waals surface area contributed by atoms with Crippen molar-refractivity contribution in [1.82, 2.24) is 14.6 Å². The number of ether oxygens (including phenoxy) is 1. The van der Waals surface area contributed by atoms with Gasteiger partial charge in [-0.3, -0.25) is 9.78 Å². The molecule has 0 bridgehead atoms. The number of pyridine rings is 1. The molecule has 2 aliphatic rings. The minimum Gasteiger partial charge on any atom is -0.372 e. The van der Waals surface area contributed by atoms with Crippen LogP contribution in [0.4, 0.5) is 0 Å². The Morgan fingerprint density at radius 1 is 1.41 bits per heavy atom. The van der Waals surface area contributed by atoms with Gasteiger partial charge in [0.1, 0.15) is 4.90 Å². The molecule has 2 aliphatic heterocycles. The average molecular weight is 408 g/mol. The largest absolute Gasteiger partial charge is 0.372 e. The van der Waals surface area contributed by atoms with Gasteiger partial charge in [-0.15, -0.1) is 0 Å². The van der Waals surface area contributed by atoms with Gasteiger partial charge in [-0.25, -0.2) is 8.42 Å². The Labute approximate surface area is 162 Å². The molecule has 4 heterocycles. The highest BCUT2D eigenvalue weighted by Gasteiger charge is 2.56. The molecule has 0 unspecified atom stereocenters. The lowest BCUT2D eigenvalue weighted by Gasteiger charge is -2.49. The van der Waals surface area contributed by atoms with Crippen LogP contribution in [-0.2, 0) is 14.8 Å². The van der Waals surface area contributed by atoms with Crippen LogP contribution in [0.1, 0.15) is 23.2 Å². The number of nitrogens with one attached hydrogen (secondary N) is 1. The molecule has 27 heavy (non-hydrogen) atoms. The summed E-state index contributed by atoms with van der Waals surface area (Å²) in [5.74, 6) is 0.166. The summed E-state index contributed by atoms with van der Waals surface area (Å²) in [5.41, 5.74) is 0.248. The van der Waals surface area contributed by atoms with E-state index >= 15 is 0 Å². The Balaban J connectivity index is 1.34. The molecule has 0 radical (unpaired) electrons. The summed E-state index contributed by atoms with van der Waals surface area (Å²) in [6, 6.07) is 4.97. The number of aromatic nitrogens is 1. The van der Waals surface area contributed by atoms with E-state index < -0.39 is 15.6 Å². The molecule has 7 nitrogen and oxygen atoms in total. The van der Waals surface area contributed by atoms with E-state index in [9.17, 15) is 13.2 Å². The van der Waals surface area contributed by atoms with Crippen LogP contribution in [0.3, 0.4) is 0 Å². The Morgan fingerprint density at radius 2 is 2.26 bits per heavy atom. The van der Waals surface area contributed by atoms with Gasteiger partial charge < -0.3 is 10.1 Å². The van der Waals surface area contributed by atoms with E-state index in [1.807, 2.05) is 10.8 Å². The van der Waals surface area contributed by atoms with Gasteiger partial charge in [0.2, 0.25) is 10.0 Å². The molecular formula is C18H21N3O4S2. The van der Waals surface area contributed by atoms with Gasteiger partial charge in [-0.1, -0.05) is 0 Å². The normalized spacial score (nSPS) is 21.9. The second-order valence-corrected chi connectivity index (χ2v) is 9.64. The van der Waals surface area contributed by atoms with Crippen LogP contribution < -0.4 is 5.32 Å². The fourth-order valence-electron chi connectivity index (χ4n) is 3.77. The summed E-state index contributed by atoms with van der Waals surface area (Å²) in [6.45, 7) is 1.89. The summed E-state index contributed by atoms with van der Waals surface area (Å²) >= 11 is 1.49. The highest BCUT2D eigenvalue weighted by atomic mass is 32.2. The molecule has 144 valence electrons. The predicted octanol–water partition coefficient (Wildman–Crippen LogP) is 1.74. The lowest BCUT2D eigenvalue weighted by molar-refractivity contribution is -0.102. The number of thiophene rings is 1. The molecule has 1 amide bonds. The number of sulfonamides is 1. The Kier molecular flexibility index (Phi) is 5.02. The van der Waals surface area contributed by atoms with Crippen LogP contribution in [0.2, 0.25) is 0 Å². The van der Waals surface area contributed by atoms with E-state index in [4.69, 9.17) is 4.74 Å². The molecule has 2 fully saturated rings.